The first-order valence-corrected chi connectivity index (χ1v) is 5.07. The van der Waals surface area contributed by atoms with Crippen molar-refractivity contribution in [3.05, 3.63) is 13.3 Å². The van der Waals surface area contributed by atoms with Gasteiger partial charge in [0.1, 0.15) is 0 Å². The molecular formula is C9H18N4. The molecule has 0 aromatic rings. The lowest BCUT2D eigenvalue weighted by Gasteiger charge is -2.35. The summed E-state index contributed by atoms with van der Waals surface area (Å²) >= 11 is 0. The second kappa shape index (κ2) is 4.91. The zero-order chi connectivity index (χ0) is 8.93. The van der Waals surface area contributed by atoms with Crippen molar-refractivity contribution in [2.75, 3.05) is 39.3 Å². The largest absolute Gasteiger partial charge is 0.298 e. The van der Waals surface area contributed by atoms with Gasteiger partial charge in [-0.3, -0.25) is 20.4 Å². The van der Waals surface area contributed by atoms with E-state index in [1.54, 1.807) is 0 Å². The number of nitrogens with one attached hydrogen (secondary N) is 2. The Labute approximate surface area is 80.3 Å². The number of fused-ring (bicyclic) bond motifs is 2. The highest BCUT2D eigenvalue weighted by Crippen LogP contribution is 2.08. The molecule has 2 aliphatic heterocycles. The van der Waals surface area contributed by atoms with Gasteiger partial charge in [-0.2, -0.15) is 0 Å². The van der Waals surface area contributed by atoms with Gasteiger partial charge >= 0.3 is 0 Å². The van der Waals surface area contributed by atoms with E-state index in [0.29, 0.717) is 0 Å². The van der Waals surface area contributed by atoms with Gasteiger partial charge in [0.25, 0.3) is 0 Å². The van der Waals surface area contributed by atoms with Crippen LogP contribution in [0.4, 0.5) is 0 Å². The van der Waals surface area contributed by atoms with Gasteiger partial charge in [-0.05, 0) is 6.42 Å². The van der Waals surface area contributed by atoms with E-state index in [1.165, 1.54) is 19.5 Å². The van der Waals surface area contributed by atoms with E-state index in [1.807, 2.05) is 6.67 Å². The summed E-state index contributed by atoms with van der Waals surface area (Å²) in [7, 11) is 0. The lowest BCUT2D eigenvalue weighted by atomic mass is 10.3. The van der Waals surface area contributed by atoms with Gasteiger partial charge in [0.15, 0.2) is 0 Å². The normalized spacial score (nSPS) is 36.9. The van der Waals surface area contributed by atoms with Crippen LogP contribution < -0.4 is 10.6 Å². The Balaban J connectivity index is 1.83. The molecule has 2 unspecified atom stereocenters. The number of hydrogen-bond acceptors (Lipinski definition) is 4. The predicted octanol–water partition coefficient (Wildman–Crippen LogP) is -0.575. The molecule has 0 amide bonds. The summed E-state index contributed by atoms with van der Waals surface area (Å²) in [6, 6.07) is 0. The van der Waals surface area contributed by atoms with Crippen molar-refractivity contribution in [1.82, 2.24) is 20.4 Å². The number of hydrogen-bond donors (Lipinski definition) is 2. The van der Waals surface area contributed by atoms with Gasteiger partial charge in [-0.25, -0.2) is 0 Å². The highest BCUT2D eigenvalue weighted by molar-refractivity contribution is 4.80. The zero-order valence-electron chi connectivity index (χ0n) is 8.00. The van der Waals surface area contributed by atoms with Crippen molar-refractivity contribution >= 4 is 0 Å². The van der Waals surface area contributed by atoms with Crippen molar-refractivity contribution in [2.45, 2.75) is 6.42 Å². The van der Waals surface area contributed by atoms with Gasteiger partial charge in [0, 0.05) is 39.3 Å². The van der Waals surface area contributed by atoms with Gasteiger partial charge in [-0.15, -0.1) is 0 Å². The van der Waals surface area contributed by atoms with Crippen LogP contribution in [-0.4, -0.2) is 49.1 Å². The molecular weight excluding hydrogens is 164 g/mol. The van der Waals surface area contributed by atoms with Crippen LogP contribution >= 0.6 is 0 Å². The highest BCUT2D eigenvalue weighted by atomic mass is 15.3. The molecule has 13 heavy (non-hydrogen) atoms. The van der Waals surface area contributed by atoms with Gasteiger partial charge in [-0.1, -0.05) is 0 Å². The Hall–Kier alpha value is -0.160. The smallest absolute Gasteiger partial charge is 0.0922 e. The molecule has 2 rings (SSSR count). The van der Waals surface area contributed by atoms with Crippen molar-refractivity contribution in [2.24, 2.45) is 0 Å². The topological polar surface area (TPSA) is 30.5 Å². The zero-order valence-corrected chi connectivity index (χ0v) is 8.00. The molecule has 2 bridgehead atoms. The maximum atomic E-state index is 3.24. The molecule has 2 radical (unpaired) electrons. The third-order valence-corrected chi connectivity index (χ3v) is 2.51. The van der Waals surface area contributed by atoms with E-state index in [9.17, 15) is 0 Å². The molecule has 2 atom stereocenters. The second-order valence-electron chi connectivity index (χ2n) is 3.59. The van der Waals surface area contributed by atoms with Crippen LogP contribution in [0.1, 0.15) is 6.42 Å². The van der Waals surface area contributed by atoms with Crippen molar-refractivity contribution in [3.8, 4) is 0 Å². The maximum Gasteiger partial charge on any atom is 0.0922 e. The van der Waals surface area contributed by atoms with E-state index >= 15 is 0 Å². The number of nitrogens with zero attached hydrogens (tertiary/aromatic N) is 2. The minimum atomic E-state index is 1.03. The fourth-order valence-electron chi connectivity index (χ4n) is 1.80. The monoisotopic (exact) mass is 182 g/mol. The lowest BCUT2D eigenvalue weighted by molar-refractivity contribution is 0.146. The van der Waals surface area contributed by atoms with Crippen LogP contribution in [0.2, 0.25) is 0 Å². The summed E-state index contributed by atoms with van der Waals surface area (Å²) in [6.45, 7) is 10.9. The quantitative estimate of drug-likeness (QED) is 0.525. The number of rotatable bonds is 0. The van der Waals surface area contributed by atoms with E-state index in [4.69, 9.17) is 0 Å². The molecule has 0 spiro atoms. The van der Waals surface area contributed by atoms with Crippen molar-refractivity contribution in [3.63, 3.8) is 0 Å². The predicted molar refractivity (Wildman–Crippen MR) is 52.4 cm³/mol. The van der Waals surface area contributed by atoms with E-state index < -0.39 is 0 Å². The van der Waals surface area contributed by atoms with E-state index in [0.717, 1.165) is 26.2 Å². The Morgan fingerprint density at radius 3 is 2.08 bits per heavy atom. The summed E-state index contributed by atoms with van der Waals surface area (Å²) < 4.78 is 0. The summed E-state index contributed by atoms with van der Waals surface area (Å²) in [4.78, 5) is 4.80. The highest BCUT2D eigenvalue weighted by Gasteiger charge is 2.17. The molecule has 2 fully saturated rings. The summed E-state index contributed by atoms with van der Waals surface area (Å²) in [5, 5.41) is 6.48. The van der Waals surface area contributed by atoms with Crippen molar-refractivity contribution < 1.29 is 0 Å². The van der Waals surface area contributed by atoms with Crippen LogP contribution in [0, 0.1) is 13.3 Å². The molecule has 0 aliphatic carbocycles. The standard InChI is InChI=1S/C9H18N4/c1-4-12-6-2-10-8-11-3-7-13(5-1)9-12/h8-11H,1-7H2. The third-order valence-electron chi connectivity index (χ3n) is 2.51. The summed E-state index contributed by atoms with van der Waals surface area (Å²) in [5.41, 5.74) is 0. The fraction of sp³-hybridized carbons (Fsp3) is 0.778. The van der Waals surface area contributed by atoms with Crippen LogP contribution in [0.5, 0.6) is 0 Å². The average molecular weight is 182 g/mol. The van der Waals surface area contributed by atoms with Gasteiger partial charge < -0.3 is 0 Å². The van der Waals surface area contributed by atoms with Crippen LogP contribution in [-0.2, 0) is 0 Å². The van der Waals surface area contributed by atoms with Gasteiger partial charge in [0.05, 0.1) is 13.3 Å². The molecule has 2 saturated heterocycles. The molecule has 4 nitrogen and oxygen atoms in total. The maximum absolute atomic E-state index is 3.24. The first kappa shape index (κ1) is 9.40. The molecule has 0 aromatic heterocycles. The lowest BCUT2D eigenvalue weighted by Crippen LogP contribution is -2.46. The van der Waals surface area contributed by atoms with E-state index in [2.05, 4.69) is 27.1 Å². The minimum absolute atomic E-state index is 1.03. The van der Waals surface area contributed by atoms with Crippen LogP contribution in [0.25, 0.3) is 0 Å². The summed E-state index contributed by atoms with van der Waals surface area (Å²) in [6.07, 6.45) is 1.29. The first-order chi connectivity index (χ1) is 6.45. The first-order valence-electron chi connectivity index (χ1n) is 5.07. The molecule has 0 saturated carbocycles. The van der Waals surface area contributed by atoms with Crippen LogP contribution in [0.15, 0.2) is 0 Å². The molecule has 74 valence electrons. The van der Waals surface area contributed by atoms with Crippen molar-refractivity contribution in [1.29, 1.82) is 0 Å². The second-order valence-corrected chi connectivity index (χ2v) is 3.59. The Morgan fingerprint density at radius 2 is 1.46 bits per heavy atom. The SMILES string of the molecule is [CH]1NCCN2[CH]N(CCC2)CCN1. The molecule has 2 N–H and O–H groups in total. The Bertz CT molecular complexity index is 137. The molecule has 4 heteroatoms. The molecule has 2 aliphatic rings. The third kappa shape index (κ3) is 2.91. The Kier molecular flexibility index (Phi) is 3.55. The molecule has 2 heterocycles. The summed E-state index contributed by atoms with van der Waals surface area (Å²) in [5.74, 6) is 0. The Morgan fingerprint density at radius 1 is 0.846 bits per heavy atom. The minimum Gasteiger partial charge on any atom is -0.298 e. The molecule has 0 aromatic carbocycles. The fourth-order valence-corrected chi connectivity index (χ4v) is 1.80. The van der Waals surface area contributed by atoms with Crippen LogP contribution in [0.3, 0.4) is 0 Å². The van der Waals surface area contributed by atoms with E-state index in [-0.39, 0.29) is 0 Å². The van der Waals surface area contributed by atoms with Gasteiger partial charge in [0.2, 0.25) is 0 Å². The average Bonchev–Trinajstić information content (AvgIpc) is 2.17.